The number of aromatic nitrogens is 2. The molecule has 1 unspecified atom stereocenters. The molecule has 0 radical (unpaired) electrons. The van der Waals surface area contributed by atoms with Gasteiger partial charge in [0.1, 0.15) is 16.8 Å². The van der Waals surface area contributed by atoms with E-state index < -0.39 is 0 Å². The van der Waals surface area contributed by atoms with Gasteiger partial charge in [0, 0.05) is 24.9 Å². The number of anilines is 1. The molecule has 1 aromatic rings. The molecule has 0 aromatic carbocycles. The topological polar surface area (TPSA) is 46.1 Å². The predicted molar refractivity (Wildman–Crippen MR) is 62.4 cm³/mol. The van der Waals surface area contributed by atoms with Gasteiger partial charge >= 0.3 is 0 Å². The molecule has 84 valence electrons. The quantitative estimate of drug-likeness (QED) is 0.584. The zero-order valence-electron chi connectivity index (χ0n) is 8.98. The minimum absolute atomic E-state index is 0.0547. The highest BCUT2D eigenvalue weighted by Gasteiger charge is 2.29. The first-order chi connectivity index (χ1) is 7.60. The normalized spacial score (nSPS) is 20.2. The van der Waals surface area contributed by atoms with Crippen LogP contribution in [0.25, 0.3) is 0 Å². The van der Waals surface area contributed by atoms with Crippen molar-refractivity contribution < 1.29 is 4.79 Å². The Bertz CT molecular complexity index is 427. The summed E-state index contributed by atoms with van der Waals surface area (Å²) in [4.78, 5) is 21.5. The minimum Gasteiger partial charge on any atom is -0.296 e. The van der Waals surface area contributed by atoms with Crippen LogP contribution in [0.15, 0.2) is 18.7 Å². The SMILES string of the molecule is C=CC1CC(=O)N(c2cc(Cl)nc(C)n2)C1. The molecule has 1 aliphatic heterocycles. The van der Waals surface area contributed by atoms with E-state index in [0.29, 0.717) is 29.8 Å². The fourth-order valence-corrected chi connectivity index (χ4v) is 1.99. The molecule has 2 heterocycles. The van der Waals surface area contributed by atoms with Crippen LogP contribution in [0.3, 0.4) is 0 Å². The summed E-state index contributed by atoms with van der Waals surface area (Å²) in [5.74, 6) is 1.39. The van der Waals surface area contributed by atoms with E-state index in [9.17, 15) is 4.79 Å². The molecule has 0 bridgehead atoms. The van der Waals surface area contributed by atoms with E-state index in [4.69, 9.17) is 11.6 Å². The monoisotopic (exact) mass is 237 g/mol. The van der Waals surface area contributed by atoms with Crippen LogP contribution in [-0.4, -0.2) is 22.4 Å². The highest BCUT2D eigenvalue weighted by Crippen LogP contribution is 2.25. The van der Waals surface area contributed by atoms with Crippen molar-refractivity contribution in [3.05, 3.63) is 29.7 Å². The molecule has 4 nitrogen and oxygen atoms in total. The first-order valence-electron chi connectivity index (χ1n) is 5.04. The number of hydrogen-bond donors (Lipinski definition) is 0. The van der Waals surface area contributed by atoms with Crippen molar-refractivity contribution in [2.45, 2.75) is 13.3 Å². The van der Waals surface area contributed by atoms with Crippen molar-refractivity contribution >= 4 is 23.3 Å². The number of nitrogens with zero attached hydrogens (tertiary/aromatic N) is 3. The Kier molecular flexibility index (Phi) is 2.92. The highest BCUT2D eigenvalue weighted by molar-refractivity contribution is 6.29. The summed E-state index contributed by atoms with van der Waals surface area (Å²) in [5, 5.41) is 0.359. The summed E-state index contributed by atoms with van der Waals surface area (Å²) in [6.45, 7) is 6.07. The van der Waals surface area contributed by atoms with Crippen LogP contribution in [0.2, 0.25) is 5.15 Å². The standard InChI is InChI=1S/C11H12ClN3O/c1-3-8-4-11(16)15(6-8)10-5-9(12)13-7(2)14-10/h3,5,8H,1,4,6H2,2H3. The molecule has 1 fully saturated rings. The lowest BCUT2D eigenvalue weighted by Crippen LogP contribution is -2.25. The van der Waals surface area contributed by atoms with E-state index in [0.717, 1.165) is 0 Å². The van der Waals surface area contributed by atoms with Gasteiger partial charge in [-0.15, -0.1) is 6.58 Å². The van der Waals surface area contributed by atoms with E-state index in [2.05, 4.69) is 16.5 Å². The Labute approximate surface area is 99.0 Å². The van der Waals surface area contributed by atoms with Crippen molar-refractivity contribution in [2.24, 2.45) is 5.92 Å². The maximum Gasteiger partial charge on any atom is 0.228 e. The second-order valence-electron chi connectivity index (χ2n) is 3.80. The van der Waals surface area contributed by atoms with Gasteiger partial charge in [-0.05, 0) is 6.92 Å². The molecular weight excluding hydrogens is 226 g/mol. The molecule has 0 aliphatic carbocycles. The van der Waals surface area contributed by atoms with Gasteiger partial charge in [-0.1, -0.05) is 17.7 Å². The maximum atomic E-state index is 11.7. The number of aryl methyl sites for hydroxylation is 1. The fraction of sp³-hybridized carbons (Fsp3) is 0.364. The van der Waals surface area contributed by atoms with E-state index in [1.54, 1.807) is 24.0 Å². The van der Waals surface area contributed by atoms with Crippen LogP contribution in [0.4, 0.5) is 5.82 Å². The summed E-state index contributed by atoms with van der Waals surface area (Å²) < 4.78 is 0. The lowest BCUT2D eigenvalue weighted by atomic mass is 10.1. The Morgan fingerprint density at radius 3 is 2.94 bits per heavy atom. The molecular formula is C11H12ClN3O. The lowest BCUT2D eigenvalue weighted by Gasteiger charge is -2.15. The minimum atomic E-state index is 0.0547. The van der Waals surface area contributed by atoms with E-state index in [-0.39, 0.29) is 11.8 Å². The van der Waals surface area contributed by atoms with Crippen molar-refractivity contribution in [1.82, 2.24) is 9.97 Å². The Hall–Kier alpha value is -1.42. The summed E-state index contributed by atoms with van der Waals surface area (Å²) in [6.07, 6.45) is 2.29. The predicted octanol–water partition coefficient (Wildman–Crippen LogP) is 1.98. The second-order valence-corrected chi connectivity index (χ2v) is 4.19. The van der Waals surface area contributed by atoms with Gasteiger partial charge < -0.3 is 0 Å². The number of carbonyl (C=O) groups excluding carboxylic acids is 1. The molecule has 0 spiro atoms. The Morgan fingerprint density at radius 2 is 2.38 bits per heavy atom. The first-order valence-corrected chi connectivity index (χ1v) is 5.42. The first kappa shape index (κ1) is 11.1. The molecule has 1 atom stereocenters. The summed E-state index contributed by atoms with van der Waals surface area (Å²) in [5.41, 5.74) is 0. The number of hydrogen-bond acceptors (Lipinski definition) is 3. The van der Waals surface area contributed by atoms with Gasteiger partial charge in [0.05, 0.1) is 0 Å². The van der Waals surface area contributed by atoms with Crippen molar-refractivity contribution in [2.75, 3.05) is 11.4 Å². The van der Waals surface area contributed by atoms with Crippen LogP contribution in [0.5, 0.6) is 0 Å². The van der Waals surface area contributed by atoms with Gasteiger partial charge in [-0.2, -0.15) is 0 Å². The molecule has 5 heteroatoms. The summed E-state index contributed by atoms with van der Waals surface area (Å²) in [7, 11) is 0. The Balaban J connectivity index is 2.30. The fourth-order valence-electron chi connectivity index (χ4n) is 1.77. The molecule has 1 amide bonds. The van der Waals surface area contributed by atoms with Crippen LogP contribution in [-0.2, 0) is 4.79 Å². The van der Waals surface area contributed by atoms with Gasteiger partial charge in [-0.3, -0.25) is 9.69 Å². The highest BCUT2D eigenvalue weighted by atomic mass is 35.5. The van der Waals surface area contributed by atoms with Crippen LogP contribution < -0.4 is 4.90 Å². The lowest BCUT2D eigenvalue weighted by molar-refractivity contribution is -0.117. The van der Waals surface area contributed by atoms with Crippen molar-refractivity contribution in [3.8, 4) is 0 Å². The van der Waals surface area contributed by atoms with Gasteiger partial charge in [0.2, 0.25) is 5.91 Å². The summed E-state index contributed by atoms with van der Waals surface area (Å²) in [6, 6.07) is 1.61. The molecule has 1 saturated heterocycles. The van der Waals surface area contributed by atoms with E-state index in [1.807, 2.05) is 0 Å². The average molecular weight is 238 g/mol. The third kappa shape index (κ3) is 2.07. The number of halogens is 1. The Morgan fingerprint density at radius 1 is 1.62 bits per heavy atom. The maximum absolute atomic E-state index is 11.7. The summed E-state index contributed by atoms with van der Waals surface area (Å²) >= 11 is 5.84. The average Bonchev–Trinajstić information content (AvgIpc) is 2.58. The third-order valence-electron chi connectivity index (χ3n) is 2.56. The smallest absolute Gasteiger partial charge is 0.228 e. The number of amides is 1. The van der Waals surface area contributed by atoms with Crippen LogP contribution in [0, 0.1) is 12.8 Å². The third-order valence-corrected chi connectivity index (χ3v) is 2.75. The zero-order valence-corrected chi connectivity index (χ0v) is 9.74. The molecule has 1 aromatic heterocycles. The van der Waals surface area contributed by atoms with Crippen molar-refractivity contribution in [1.29, 1.82) is 0 Å². The second kappa shape index (κ2) is 4.22. The molecule has 2 rings (SSSR count). The molecule has 1 aliphatic rings. The van der Waals surface area contributed by atoms with E-state index in [1.165, 1.54) is 0 Å². The molecule has 0 saturated carbocycles. The largest absolute Gasteiger partial charge is 0.296 e. The van der Waals surface area contributed by atoms with Gasteiger partial charge in [0.25, 0.3) is 0 Å². The van der Waals surface area contributed by atoms with Crippen LogP contribution >= 0.6 is 11.6 Å². The zero-order chi connectivity index (χ0) is 11.7. The molecule has 0 N–H and O–H groups in total. The van der Waals surface area contributed by atoms with E-state index >= 15 is 0 Å². The molecule has 16 heavy (non-hydrogen) atoms. The van der Waals surface area contributed by atoms with Crippen LogP contribution in [0.1, 0.15) is 12.2 Å². The van der Waals surface area contributed by atoms with Gasteiger partial charge in [-0.25, -0.2) is 9.97 Å². The number of rotatable bonds is 2. The number of carbonyl (C=O) groups is 1. The van der Waals surface area contributed by atoms with Crippen molar-refractivity contribution in [3.63, 3.8) is 0 Å². The van der Waals surface area contributed by atoms with Gasteiger partial charge in [0.15, 0.2) is 0 Å².